The minimum Gasteiger partial charge on any atom is -0.493 e. The second-order valence-electron chi connectivity index (χ2n) is 4.42. The van der Waals surface area contributed by atoms with Crippen molar-refractivity contribution in [2.75, 3.05) is 14.2 Å². The molecule has 0 spiro atoms. The summed E-state index contributed by atoms with van der Waals surface area (Å²) >= 11 is 6.08. The largest absolute Gasteiger partial charge is 0.493 e. The van der Waals surface area contributed by atoms with Gasteiger partial charge in [0, 0.05) is 23.0 Å². The number of halogens is 1. The Labute approximate surface area is 123 Å². The van der Waals surface area contributed by atoms with Gasteiger partial charge in [0.05, 0.1) is 19.6 Å². The summed E-state index contributed by atoms with van der Waals surface area (Å²) in [6.07, 6.45) is 1.77. The second-order valence-corrected chi connectivity index (χ2v) is 5.07. The van der Waals surface area contributed by atoms with Crippen molar-refractivity contribution in [1.29, 1.82) is 0 Å². The number of methoxy groups -OCH3 is 2. The van der Waals surface area contributed by atoms with Crippen LogP contribution in [0.15, 0.2) is 24.4 Å². The number of hydrogen-bond donors (Lipinski definition) is 0. The molecule has 0 aliphatic heterocycles. The second kappa shape index (κ2) is 6.09. The summed E-state index contributed by atoms with van der Waals surface area (Å²) in [7, 11) is 3.21. The van der Waals surface area contributed by atoms with E-state index in [9.17, 15) is 0 Å². The Morgan fingerprint density at radius 1 is 1.15 bits per heavy atom. The van der Waals surface area contributed by atoms with Crippen molar-refractivity contribution in [3.8, 4) is 22.9 Å². The zero-order valence-electron chi connectivity index (χ0n) is 12.0. The monoisotopic (exact) mass is 292 g/mol. The Balaban J connectivity index is 2.44. The fourth-order valence-corrected chi connectivity index (χ4v) is 2.20. The maximum atomic E-state index is 6.08. The van der Waals surface area contributed by atoms with Crippen molar-refractivity contribution >= 4 is 11.6 Å². The van der Waals surface area contributed by atoms with Crippen molar-refractivity contribution in [2.45, 2.75) is 19.2 Å². The van der Waals surface area contributed by atoms with E-state index in [1.165, 1.54) is 0 Å². The minimum absolute atomic E-state index is 0.102. The van der Waals surface area contributed by atoms with Gasteiger partial charge < -0.3 is 9.47 Å². The molecule has 0 aliphatic carbocycles. The van der Waals surface area contributed by atoms with Gasteiger partial charge in [-0.15, -0.1) is 11.6 Å². The van der Waals surface area contributed by atoms with Gasteiger partial charge in [-0.1, -0.05) is 0 Å². The van der Waals surface area contributed by atoms with E-state index in [0.29, 0.717) is 17.3 Å². The average Bonchev–Trinajstić information content (AvgIpc) is 2.45. The first-order valence-electron chi connectivity index (χ1n) is 6.26. The first kappa shape index (κ1) is 14.6. The number of nitrogens with zero attached hydrogens (tertiary/aromatic N) is 2. The molecule has 0 fully saturated rings. The Bertz CT molecular complexity index is 615. The highest BCUT2D eigenvalue weighted by Gasteiger charge is 2.11. The first-order valence-corrected chi connectivity index (χ1v) is 6.70. The molecule has 20 heavy (non-hydrogen) atoms. The van der Waals surface area contributed by atoms with Gasteiger partial charge in [-0.25, -0.2) is 9.97 Å². The molecule has 0 radical (unpaired) electrons. The molecule has 1 unspecified atom stereocenters. The fourth-order valence-electron chi connectivity index (χ4n) is 1.98. The van der Waals surface area contributed by atoms with Crippen molar-refractivity contribution < 1.29 is 9.47 Å². The third-order valence-corrected chi connectivity index (χ3v) is 3.32. The number of alkyl halides is 1. The molecule has 5 heteroatoms. The van der Waals surface area contributed by atoms with Crippen LogP contribution in [0.3, 0.4) is 0 Å². The van der Waals surface area contributed by atoms with Gasteiger partial charge in [0.2, 0.25) is 0 Å². The van der Waals surface area contributed by atoms with Gasteiger partial charge in [0.25, 0.3) is 0 Å². The SMILES string of the molecule is COc1ccc(-c2ncc(C(C)Cl)c(C)n2)cc1OC. The molecule has 0 bridgehead atoms. The maximum Gasteiger partial charge on any atom is 0.161 e. The summed E-state index contributed by atoms with van der Waals surface area (Å²) in [5.41, 5.74) is 2.70. The lowest BCUT2D eigenvalue weighted by Gasteiger charge is -2.11. The van der Waals surface area contributed by atoms with Gasteiger partial charge in [-0.05, 0) is 32.0 Å². The molecule has 0 aliphatic rings. The Morgan fingerprint density at radius 2 is 1.85 bits per heavy atom. The molecule has 1 aromatic carbocycles. The van der Waals surface area contributed by atoms with Crippen LogP contribution in [0.4, 0.5) is 0 Å². The third-order valence-electron chi connectivity index (χ3n) is 3.09. The summed E-state index contributed by atoms with van der Waals surface area (Å²) in [4.78, 5) is 8.87. The summed E-state index contributed by atoms with van der Waals surface area (Å²) < 4.78 is 10.5. The van der Waals surface area contributed by atoms with E-state index >= 15 is 0 Å². The van der Waals surface area contributed by atoms with E-state index in [0.717, 1.165) is 16.8 Å². The molecule has 0 saturated carbocycles. The highest BCUT2D eigenvalue weighted by molar-refractivity contribution is 6.20. The average molecular weight is 293 g/mol. The zero-order chi connectivity index (χ0) is 14.7. The number of benzene rings is 1. The van der Waals surface area contributed by atoms with Crippen molar-refractivity contribution in [2.24, 2.45) is 0 Å². The van der Waals surface area contributed by atoms with Gasteiger partial charge in [-0.3, -0.25) is 0 Å². The van der Waals surface area contributed by atoms with E-state index in [4.69, 9.17) is 21.1 Å². The number of ether oxygens (including phenoxy) is 2. The molecule has 4 nitrogen and oxygen atoms in total. The third kappa shape index (κ3) is 2.85. The van der Waals surface area contributed by atoms with Crippen LogP contribution in [-0.2, 0) is 0 Å². The predicted molar refractivity (Wildman–Crippen MR) is 79.6 cm³/mol. The van der Waals surface area contributed by atoms with E-state index < -0.39 is 0 Å². The van der Waals surface area contributed by atoms with Crippen molar-refractivity contribution in [3.05, 3.63) is 35.7 Å². The van der Waals surface area contributed by atoms with E-state index in [1.807, 2.05) is 32.0 Å². The maximum absolute atomic E-state index is 6.08. The van der Waals surface area contributed by atoms with Crippen LogP contribution in [0.2, 0.25) is 0 Å². The molecule has 2 rings (SSSR count). The molecule has 0 N–H and O–H groups in total. The normalized spacial score (nSPS) is 12.1. The summed E-state index contributed by atoms with van der Waals surface area (Å²) in [6, 6.07) is 5.60. The Hall–Kier alpha value is -1.81. The van der Waals surface area contributed by atoms with Crippen LogP contribution in [0.25, 0.3) is 11.4 Å². The minimum atomic E-state index is -0.102. The molecule has 1 atom stereocenters. The van der Waals surface area contributed by atoms with Gasteiger partial charge in [0.15, 0.2) is 17.3 Å². The van der Waals surface area contributed by atoms with E-state index in [2.05, 4.69) is 9.97 Å². The highest BCUT2D eigenvalue weighted by Crippen LogP contribution is 2.31. The molecule has 1 heterocycles. The van der Waals surface area contributed by atoms with Crippen molar-refractivity contribution in [1.82, 2.24) is 9.97 Å². The number of rotatable bonds is 4. The van der Waals surface area contributed by atoms with Crippen LogP contribution < -0.4 is 9.47 Å². The molecular weight excluding hydrogens is 276 g/mol. The summed E-state index contributed by atoms with van der Waals surface area (Å²) in [5.74, 6) is 1.98. The van der Waals surface area contributed by atoms with E-state index in [-0.39, 0.29) is 5.38 Å². The Morgan fingerprint density at radius 3 is 2.40 bits per heavy atom. The smallest absolute Gasteiger partial charge is 0.161 e. The summed E-state index contributed by atoms with van der Waals surface area (Å²) in [5, 5.41) is -0.102. The van der Waals surface area contributed by atoms with Crippen LogP contribution in [0, 0.1) is 6.92 Å². The highest BCUT2D eigenvalue weighted by atomic mass is 35.5. The fraction of sp³-hybridized carbons (Fsp3) is 0.333. The number of aryl methyl sites for hydroxylation is 1. The predicted octanol–water partition coefficient (Wildman–Crippen LogP) is 3.77. The number of aromatic nitrogens is 2. The number of hydrogen-bond acceptors (Lipinski definition) is 4. The molecule has 106 valence electrons. The van der Waals surface area contributed by atoms with Crippen LogP contribution in [-0.4, -0.2) is 24.2 Å². The lowest BCUT2D eigenvalue weighted by atomic mass is 10.1. The standard InChI is InChI=1S/C15H17ClN2O2/c1-9(16)12-8-17-15(18-10(12)2)11-5-6-13(19-3)14(7-11)20-4/h5-9H,1-4H3. The Kier molecular flexibility index (Phi) is 4.45. The lowest BCUT2D eigenvalue weighted by Crippen LogP contribution is -1.99. The van der Waals surface area contributed by atoms with Crippen LogP contribution in [0.5, 0.6) is 11.5 Å². The van der Waals surface area contributed by atoms with Gasteiger partial charge in [-0.2, -0.15) is 0 Å². The quantitative estimate of drug-likeness (QED) is 0.805. The van der Waals surface area contributed by atoms with E-state index in [1.54, 1.807) is 20.4 Å². The topological polar surface area (TPSA) is 44.2 Å². The molecule has 1 aromatic heterocycles. The van der Waals surface area contributed by atoms with Gasteiger partial charge in [0.1, 0.15) is 0 Å². The zero-order valence-corrected chi connectivity index (χ0v) is 12.7. The molecular formula is C15H17ClN2O2. The molecule has 0 saturated heterocycles. The van der Waals surface area contributed by atoms with Gasteiger partial charge >= 0.3 is 0 Å². The van der Waals surface area contributed by atoms with Crippen LogP contribution >= 0.6 is 11.6 Å². The van der Waals surface area contributed by atoms with Crippen LogP contribution in [0.1, 0.15) is 23.6 Å². The molecule has 2 aromatic rings. The van der Waals surface area contributed by atoms with Crippen molar-refractivity contribution in [3.63, 3.8) is 0 Å². The first-order chi connectivity index (χ1) is 9.56. The summed E-state index contributed by atoms with van der Waals surface area (Å²) in [6.45, 7) is 3.84. The molecule has 0 amide bonds. The lowest BCUT2D eigenvalue weighted by molar-refractivity contribution is 0.355.